The Morgan fingerprint density at radius 1 is 1.05 bits per heavy atom. The highest BCUT2D eigenvalue weighted by Gasteiger charge is 2.19. The maximum atomic E-state index is 15.0. The van der Waals surface area contributed by atoms with Gasteiger partial charge in [0.25, 0.3) is 5.56 Å². The van der Waals surface area contributed by atoms with Gasteiger partial charge in [0.1, 0.15) is 17.3 Å². The van der Waals surface area contributed by atoms with Gasteiger partial charge in [0.05, 0.1) is 28.7 Å². The Labute approximate surface area is 247 Å². The van der Waals surface area contributed by atoms with E-state index in [0.717, 1.165) is 5.69 Å². The first-order chi connectivity index (χ1) is 20.6. The van der Waals surface area contributed by atoms with Crippen LogP contribution in [0.3, 0.4) is 0 Å². The van der Waals surface area contributed by atoms with E-state index in [1.165, 1.54) is 22.9 Å². The molecule has 3 N–H and O–H groups in total. The molecule has 12 heteroatoms. The summed E-state index contributed by atoms with van der Waals surface area (Å²) in [5.41, 5.74) is 2.50. The average Bonchev–Trinajstić information content (AvgIpc) is 3.41. The fraction of sp³-hybridized carbons (Fsp3) is 0.226. The van der Waals surface area contributed by atoms with Crippen LogP contribution in [0.4, 0.5) is 26.6 Å². The summed E-state index contributed by atoms with van der Waals surface area (Å²) in [5.74, 6) is 0.102. The van der Waals surface area contributed by atoms with Crippen molar-refractivity contribution >= 4 is 34.5 Å². The second kappa shape index (κ2) is 11.7. The molecule has 0 aliphatic carbocycles. The molecule has 5 rings (SSSR count). The van der Waals surface area contributed by atoms with Crippen molar-refractivity contribution in [3.8, 4) is 22.9 Å². The third-order valence-corrected chi connectivity index (χ3v) is 6.82. The minimum atomic E-state index is -0.713. The highest BCUT2D eigenvalue weighted by atomic mass is 19.1. The lowest BCUT2D eigenvalue weighted by atomic mass is 10.0. The van der Waals surface area contributed by atoms with Crippen LogP contribution in [0.5, 0.6) is 0 Å². The number of pyridine rings is 1. The Kier molecular flexibility index (Phi) is 7.90. The zero-order valence-corrected chi connectivity index (χ0v) is 24.3. The van der Waals surface area contributed by atoms with E-state index in [0.29, 0.717) is 45.2 Å². The summed E-state index contributed by atoms with van der Waals surface area (Å²) in [4.78, 5) is 35.5. The van der Waals surface area contributed by atoms with E-state index in [-0.39, 0.29) is 23.2 Å². The van der Waals surface area contributed by atoms with Crippen molar-refractivity contribution < 1.29 is 9.18 Å². The van der Waals surface area contributed by atoms with Gasteiger partial charge in [0.2, 0.25) is 5.95 Å². The van der Waals surface area contributed by atoms with E-state index in [9.17, 15) is 19.2 Å². The van der Waals surface area contributed by atoms with Crippen molar-refractivity contribution in [2.24, 2.45) is 0 Å². The number of nitrogens with one attached hydrogen (secondary N) is 3. The summed E-state index contributed by atoms with van der Waals surface area (Å²) in [6, 6.07) is 15.5. The summed E-state index contributed by atoms with van der Waals surface area (Å²) in [7, 11) is 1.69. The lowest BCUT2D eigenvalue weighted by Crippen LogP contribution is -2.25. The van der Waals surface area contributed by atoms with Gasteiger partial charge in [0, 0.05) is 36.3 Å². The lowest BCUT2D eigenvalue weighted by molar-refractivity contribution is 0.262. The number of hydrogen-bond donors (Lipinski definition) is 3. The van der Waals surface area contributed by atoms with Gasteiger partial charge in [-0.2, -0.15) is 15.3 Å². The largest absolute Gasteiger partial charge is 0.357 e. The molecule has 2 amide bonds. The van der Waals surface area contributed by atoms with Crippen molar-refractivity contribution in [2.45, 2.75) is 39.7 Å². The number of nitrogens with zero attached hydrogens (tertiary/aromatic N) is 6. The van der Waals surface area contributed by atoms with Crippen molar-refractivity contribution in [3.63, 3.8) is 0 Å². The number of amides is 2. The molecule has 43 heavy (non-hydrogen) atoms. The van der Waals surface area contributed by atoms with Crippen LogP contribution in [0, 0.1) is 17.1 Å². The van der Waals surface area contributed by atoms with E-state index in [1.54, 1.807) is 54.2 Å². The molecular weight excluding hydrogens is 549 g/mol. The number of benzene rings is 2. The van der Waals surface area contributed by atoms with Gasteiger partial charge in [-0.05, 0) is 61.7 Å². The Balaban J connectivity index is 1.49. The van der Waals surface area contributed by atoms with Gasteiger partial charge in [-0.3, -0.25) is 14.7 Å². The van der Waals surface area contributed by atoms with Crippen LogP contribution in [-0.2, 0) is 0 Å². The second-order valence-electron chi connectivity index (χ2n) is 10.5. The molecule has 11 nitrogen and oxygen atoms in total. The Morgan fingerprint density at radius 3 is 2.53 bits per heavy atom. The van der Waals surface area contributed by atoms with Gasteiger partial charge in [-0.25, -0.2) is 18.9 Å². The molecule has 218 valence electrons. The first-order valence-corrected chi connectivity index (χ1v) is 13.7. The van der Waals surface area contributed by atoms with Crippen LogP contribution < -0.4 is 21.5 Å². The molecule has 0 spiro atoms. The monoisotopic (exact) mass is 579 g/mol. The fourth-order valence-electron chi connectivity index (χ4n) is 4.66. The summed E-state index contributed by atoms with van der Waals surface area (Å²) in [5, 5.41) is 22.7. The van der Waals surface area contributed by atoms with Gasteiger partial charge in [-0.1, -0.05) is 26.0 Å². The lowest BCUT2D eigenvalue weighted by Gasteiger charge is -2.16. The van der Waals surface area contributed by atoms with Crippen LogP contribution in [-0.4, -0.2) is 37.4 Å². The summed E-state index contributed by atoms with van der Waals surface area (Å²) >= 11 is 0. The molecule has 0 saturated heterocycles. The number of carbonyl (C=O) groups excluding carboxylic acids is 1. The summed E-state index contributed by atoms with van der Waals surface area (Å²) in [6.45, 7) is 7.68. The van der Waals surface area contributed by atoms with Crippen molar-refractivity contribution in [2.75, 3.05) is 23.0 Å². The van der Waals surface area contributed by atoms with Crippen molar-refractivity contribution in [1.82, 2.24) is 24.3 Å². The molecule has 2 aromatic carbocycles. The number of hydrogen-bond acceptors (Lipinski definition) is 7. The summed E-state index contributed by atoms with van der Waals surface area (Å²) < 4.78 is 18.0. The molecule has 0 bridgehead atoms. The maximum absolute atomic E-state index is 15.0. The third-order valence-electron chi connectivity index (χ3n) is 6.82. The standard InChI is InChI=1S/C31H30FN9O2/c1-17(2)25-14-27(41(39-25)22-8-6-7-19(11-22)15-33)37-31(43)36-26-13-20(9-10-24(26)32)23-12-21-16-35-30(34-5)38-28(21)40(18(3)4)29(23)42/h6-14,16-18H,1-5H3,(H,34,35,38)(H2,36,37,43). The highest BCUT2D eigenvalue weighted by Crippen LogP contribution is 2.27. The summed E-state index contributed by atoms with van der Waals surface area (Å²) in [6.07, 6.45) is 1.62. The minimum absolute atomic E-state index is 0.0604. The number of urea groups is 1. The molecule has 3 aromatic heterocycles. The maximum Gasteiger partial charge on any atom is 0.324 e. The van der Waals surface area contributed by atoms with Crippen LogP contribution in [0.25, 0.3) is 27.8 Å². The predicted molar refractivity (Wildman–Crippen MR) is 164 cm³/mol. The second-order valence-corrected chi connectivity index (χ2v) is 10.5. The molecule has 5 aromatic rings. The van der Waals surface area contributed by atoms with E-state index in [1.807, 2.05) is 27.7 Å². The Bertz CT molecular complexity index is 1950. The van der Waals surface area contributed by atoms with E-state index < -0.39 is 11.8 Å². The first-order valence-electron chi connectivity index (χ1n) is 13.7. The number of anilines is 3. The smallest absolute Gasteiger partial charge is 0.324 e. The van der Waals surface area contributed by atoms with E-state index >= 15 is 0 Å². The number of nitriles is 1. The van der Waals surface area contributed by atoms with Gasteiger partial charge in [-0.15, -0.1) is 0 Å². The number of aromatic nitrogens is 5. The third kappa shape index (κ3) is 5.78. The minimum Gasteiger partial charge on any atom is -0.357 e. The van der Waals surface area contributed by atoms with Crippen LogP contribution >= 0.6 is 0 Å². The number of rotatable bonds is 7. The molecule has 0 atom stereocenters. The van der Waals surface area contributed by atoms with Crippen molar-refractivity contribution in [1.29, 1.82) is 5.26 Å². The molecule has 0 aliphatic heterocycles. The van der Waals surface area contributed by atoms with Crippen LogP contribution in [0.2, 0.25) is 0 Å². The predicted octanol–water partition coefficient (Wildman–Crippen LogP) is 6.04. The zero-order chi connectivity index (χ0) is 30.8. The molecular formula is C31H30FN9O2. The highest BCUT2D eigenvalue weighted by molar-refractivity contribution is 6.00. The van der Waals surface area contributed by atoms with Gasteiger partial charge in [0.15, 0.2) is 0 Å². The normalized spacial score (nSPS) is 11.1. The van der Waals surface area contributed by atoms with Crippen LogP contribution in [0.15, 0.2) is 65.6 Å². The zero-order valence-electron chi connectivity index (χ0n) is 24.3. The molecule has 0 radical (unpaired) electrons. The Hall–Kier alpha value is -5.57. The topological polar surface area (TPSA) is 143 Å². The number of halogens is 1. The quantitative estimate of drug-likeness (QED) is 0.213. The Morgan fingerprint density at radius 2 is 1.84 bits per heavy atom. The SMILES string of the molecule is CNc1ncc2cc(-c3ccc(F)c(NC(=O)Nc4cc(C(C)C)nn4-c4cccc(C#N)c4)c3)c(=O)n(C(C)C)c2n1. The van der Waals surface area contributed by atoms with Gasteiger partial charge >= 0.3 is 6.03 Å². The molecule has 0 saturated carbocycles. The first kappa shape index (κ1) is 28.9. The molecule has 3 heterocycles. The molecule has 0 aliphatic rings. The average molecular weight is 580 g/mol. The van der Waals surface area contributed by atoms with E-state index in [2.05, 4.69) is 37.1 Å². The molecule has 0 unspecified atom stereocenters. The molecule has 0 fully saturated rings. The number of carbonyl (C=O) groups is 1. The number of fused-ring (bicyclic) bond motifs is 1. The van der Waals surface area contributed by atoms with E-state index in [4.69, 9.17) is 0 Å². The fourth-order valence-corrected chi connectivity index (χ4v) is 4.66. The van der Waals surface area contributed by atoms with Crippen molar-refractivity contribution in [3.05, 3.63) is 88.2 Å². The van der Waals surface area contributed by atoms with Crippen LogP contribution in [0.1, 0.15) is 50.9 Å². The van der Waals surface area contributed by atoms with Gasteiger partial charge < -0.3 is 10.6 Å².